The normalized spacial score (nSPS) is 11.2. The SMILES string of the molecule is Cc1[nH]c2ncnc(NC(=O)Cc3noc4ccccc34)c2c1C. The molecule has 1 aromatic carbocycles. The van der Waals surface area contributed by atoms with Crippen molar-refractivity contribution in [3.8, 4) is 0 Å². The number of nitrogens with one attached hydrogen (secondary N) is 2. The number of anilines is 1. The van der Waals surface area contributed by atoms with Gasteiger partial charge in [-0.1, -0.05) is 17.3 Å². The van der Waals surface area contributed by atoms with E-state index in [1.165, 1.54) is 6.33 Å². The van der Waals surface area contributed by atoms with E-state index in [0.717, 1.165) is 22.0 Å². The predicted octanol–water partition coefficient (Wildman–Crippen LogP) is 2.90. The van der Waals surface area contributed by atoms with Crippen molar-refractivity contribution in [2.24, 2.45) is 0 Å². The molecule has 120 valence electrons. The molecule has 0 spiro atoms. The fraction of sp³-hybridized carbons (Fsp3) is 0.176. The van der Waals surface area contributed by atoms with Crippen LogP contribution in [0.25, 0.3) is 22.0 Å². The molecule has 0 saturated carbocycles. The third-order valence-electron chi connectivity index (χ3n) is 4.13. The Morgan fingerprint density at radius 1 is 1.25 bits per heavy atom. The third-order valence-corrected chi connectivity index (χ3v) is 4.13. The van der Waals surface area contributed by atoms with Gasteiger partial charge in [-0.2, -0.15) is 0 Å². The van der Waals surface area contributed by atoms with Crippen LogP contribution in [0.2, 0.25) is 0 Å². The van der Waals surface area contributed by atoms with Crippen molar-refractivity contribution in [3.05, 3.63) is 47.5 Å². The second-order valence-electron chi connectivity index (χ2n) is 5.67. The standard InChI is InChI=1S/C17H15N5O2/c1-9-10(2)20-16-15(9)17(19-8-18-16)21-14(23)7-12-11-5-3-4-6-13(11)24-22-12/h3-6,8H,7H2,1-2H3,(H2,18,19,20,21,23). The number of amides is 1. The Balaban J connectivity index is 1.63. The molecule has 3 aromatic heterocycles. The molecule has 0 saturated heterocycles. The van der Waals surface area contributed by atoms with Crippen molar-refractivity contribution in [2.75, 3.05) is 5.32 Å². The van der Waals surface area contributed by atoms with Crippen LogP contribution in [0, 0.1) is 13.8 Å². The van der Waals surface area contributed by atoms with E-state index < -0.39 is 0 Å². The largest absolute Gasteiger partial charge is 0.356 e. The monoisotopic (exact) mass is 321 g/mol. The van der Waals surface area contributed by atoms with E-state index in [1.54, 1.807) is 0 Å². The summed E-state index contributed by atoms with van der Waals surface area (Å²) in [6.45, 7) is 3.93. The Hall–Kier alpha value is -3.22. The number of H-pyrrole nitrogens is 1. The van der Waals surface area contributed by atoms with Gasteiger partial charge in [0.2, 0.25) is 5.91 Å². The van der Waals surface area contributed by atoms with Gasteiger partial charge in [0.1, 0.15) is 23.5 Å². The number of aromatic nitrogens is 4. The predicted molar refractivity (Wildman–Crippen MR) is 89.7 cm³/mol. The highest BCUT2D eigenvalue weighted by molar-refractivity contribution is 6.01. The molecule has 7 nitrogen and oxygen atoms in total. The number of hydrogen-bond acceptors (Lipinski definition) is 5. The summed E-state index contributed by atoms with van der Waals surface area (Å²) < 4.78 is 5.23. The summed E-state index contributed by atoms with van der Waals surface area (Å²) >= 11 is 0. The van der Waals surface area contributed by atoms with Crippen LogP contribution in [0.4, 0.5) is 5.82 Å². The van der Waals surface area contributed by atoms with E-state index >= 15 is 0 Å². The number of benzene rings is 1. The van der Waals surface area contributed by atoms with Gasteiger partial charge in [-0.25, -0.2) is 9.97 Å². The number of nitrogens with zero attached hydrogens (tertiary/aromatic N) is 3. The van der Waals surface area contributed by atoms with Crippen molar-refractivity contribution in [2.45, 2.75) is 20.3 Å². The van der Waals surface area contributed by atoms with Gasteiger partial charge in [0, 0.05) is 11.1 Å². The minimum atomic E-state index is -0.202. The molecule has 0 unspecified atom stereocenters. The first-order valence-electron chi connectivity index (χ1n) is 7.56. The molecule has 0 radical (unpaired) electrons. The fourth-order valence-corrected chi connectivity index (χ4v) is 2.78. The van der Waals surface area contributed by atoms with Crippen molar-refractivity contribution in [1.82, 2.24) is 20.1 Å². The van der Waals surface area contributed by atoms with Gasteiger partial charge in [-0.3, -0.25) is 4.79 Å². The molecule has 0 bridgehead atoms. The minimum Gasteiger partial charge on any atom is -0.356 e. The van der Waals surface area contributed by atoms with E-state index in [1.807, 2.05) is 38.1 Å². The van der Waals surface area contributed by atoms with Crippen LogP contribution < -0.4 is 5.32 Å². The highest BCUT2D eigenvalue weighted by Gasteiger charge is 2.16. The molecule has 7 heteroatoms. The van der Waals surface area contributed by atoms with Gasteiger partial charge >= 0.3 is 0 Å². The molecule has 24 heavy (non-hydrogen) atoms. The van der Waals surface area contributed by atoms with Crippen LogP contribution >= 0.6 is 0 Å². The number of carbonyl (C=O) groups excluding carboxylic acids is 1. The van der Waals surface area contributed by atoms with Crippen LogP contribution in [0.1, 0.15) is 17.0 Å². The van der Waals surface area contributed by atoms with E-state index in [0.29, 0.717) is 22.7 Å². The lowest BCUT2D eigenvalue weighted by Gasteiger charge is -2.05. The van der Waals surface area contributed by atoms with E-state index in [2.05, 4.69) is 25.4 Å². The van der Waals surface area contributed by atoms with Gasteiger partial charge in [0.15, 0.2) is 5.58 Å². The Morgan fingerprint density at radius 2 is 2.08 bits per heavy atom. The first kappa shape index (κ1) is 14.4. The van der Waals surface area contributed by atoms with Crippen molar-refractivity contribution >= 4 is 33.7 Å². The molecule has 0 fully saturated rings. The van der Waals surface area contributed by atoms with Gasteiger partial charge in [-0.05, 0) is 31.5 Å². The summed E-state index contributed by atoms with van der Waals surface area (Å²) in [6.07, 6.45) is 1.55. The smallest absolute Gasteiger partial charge is 0.231 e. The summed E-state index contributed by atoms with van der Waals surface area (Å²) in [5, 5.41) is 8.51. The second kappa shape index (κ2) is 5.45. The molecular weight excluding hydrogens is 306 g/mol. The molecule has 1 amide bonds. The van der Waals surface area contributed by atoms with Crippen LogP contribution in [0.5, 0.6) is 0 Å². The summed E-state index contributed by atoms with van der Waals surface area (Å²) in [5.74, 6) is 0.298. The number of aryl methyl sites for hydroxylation is 2. The van der Waals surface area contributed by atoms with Crippen molar-refractivity contribution < 1.29 is 9.32 Å². The van der Waals surface area contributed by atoms with Crippen LogP contribution in [-0.2, 0) is 11.2 Å². The molecule has 0 aliphatic heterocycles. The van der Waals surface area contributed by atoms with Gasteiger partial charge < -0.3 is 14.8 Å². The minimum absolute atomic E-state index is 0.116. The van der Waals surface area contributed by atoms with Crippen LogP contribution in [0.15, 0.2) is 35.1 Å². The number of aromatic amines is 1. The molecule has 0 aliphatic carbocycles. The van der Waals surface area contributed by atoms with Crippen LogP contribution in [0.3, 0.4) is 0 Å². The lowest BCUT2D eigenvalue weighted by molar-refractivity contribution is -0.115. The van der Waals surface area contributed by atoms with Crippen LogP contribution in [-0.4, -0.2) is 26.0 Å². The lowest BCUT2D eigenvalue weighted by Crippen LogP contribution is -2.16. The van der Waals surface area contributed by atoms with Gasteiger partial charge in [-0.15, -0.1) is 0 Å². The zero-order chi connectivity index (χ0) is 16.7. The number of carbonyl (C=O) groups is 1. The topological polar surface area (TPSA) is 96.7 Å². The van der Waals surface area contributed by atoms with Gasteiger partial charge in [0.05, 0.1) is 11.8 Å². The zero-order valence-electron chi connectivity index (χ0n) is 13.3. The Labute approximate surface area is 137 Å². The fourth-order valence-electron chi connectivity index (χ4n) is 2.78. The Kier molecular flexibility index (Phi) is 3.26. The first-order chi connectivity index (χ1) is 11.6. The molecule has 0 atom stereocenters. The maximum atomic E-state index is 12.4. The second-order valence-corrected chi connectivity index (χ2v) is 5.67. The molecule has 4 rings (SSSR count). The quantitative estimate of drug-likeness (QED) is 0.605. The molecule has 3 heterocycles. The molecule has 4 aromatic rings. The summed E-state index contributed by atoms with van der Waals surface area (Å²) in [6, 6.07) is 7.47. The van der Waals surface area contributed by atoms with E-state index in [9.17, 15) is 4.79 Å². The highest BCUT2D eigenvalue weighted by Crippen LogP contribution is 2.25. The number of rotatable bonds is 3. The summed E-state index contributed by atoms with van der Waals surface area (Å²) in [5.41, 5.74) is 4.01. The molecule has 0 aliphatic rings. The third kappa shape index (κ3) is 2.30. The molecule has 2 N–H and O–H groups in total. The van der Waals surface area contributed by atoms with Crippen molar-refractivity contribution in [1.29, 1.82) is 0 Å². The Morgan fingerprint density at radius 3 is 2.96 bits per heavy atom. The Bertz CT molecular complexity index is 1060. The average molecular weight is 321 g/mol. The summed E-state index contributed by atoms with van der Waals surface area (Å²) in [4.78, 5) is 24.0. The van der Waals surface area contributed by atoms with E-state index in [4.69, 9.17) is 4.52 Å². The zero-order valence-corrected chi connectivity index (χ0v) is 13.3. The summed E-state index contributed by atoms with van der Waals surface area (Å²) in [7, 11) is 0. The first-order valence-corrected chi connectivity index (χ1v) is 7.56. The lowest BCUT2D eigenvalue weighted by atomic mass is 10.1. The number of para-hydroxylation sites is 1. The van der Waals surface area contributed by atoms with Gasteiger partial charge in [0.25, 0.3) is 0 Å². The maximum absolute atomic E-state index is 12.4. The maximum Gasteiger partial charge on any atom is 0.231 e. The number of hydrogen-bond donors (Lipinski definition) is 2. The number of fused-ring (bicyclic) bond motifs is 2. The van der Waals surface area contributed by atoms with E-state index in [-0.39, 0.29) is 12.3 Å². The van der Waals surface area contributed by atoms with Crippen molar-refractivity contribution in [3.63, 3.8) is 0 Å². The average Bonchev–Trinajstić information content (AvgIpc) is 3.10. The molecular formula is C17H15N5O2. The highest BCUT2D eigenvalue weighted by atomic mass is 16.5.